The SMILES string of the molecule is Cc1cc2nc(-c3nc(-c4ccc5c(cnn5C)c4)ccc3N)sc2c(-c2ccc(Cl)cc2)c1[C@H](OC(C)(C)C)C(=O)O. The number of benzene rings is 3. The molecule has 3 N–H and O–H groups in total. The van der Waals surface area contributed by atoms with Gasteiger partial charge in [0.1, 0.15) is 10.7 Å². The van der Waals surface area contributed by atoms with Gasteiger partial charge in [0.25, 0.3) is 0 Å². The van der Waals surface area contributed by atoms with Gasteiger partial charge in [0, 0.05) is 34.1 Å². The lowest BCUT2D eigenvalue weighted by Gasteiger charge is -2.28. The lowest BCUT2D eigenvalue weighted by atomic mass is 9.91. The number of ether oxygens (including phenoxy) is 1. The van der Waals surface area contributed by atoms with E-state index >= 15 is 0 Å². The van der Waals surface area contributed by atoms with Crippen molar-refractivity contribution in [3.63, 3.8) is 0 Å². The highest BCUT2D eigenvalue weighted by molar-refractivity contribution is 7.22. The molecule has 0 saturated carbocycles. The quantitative estimate of drug-likeness (QED) is 0.196. The molecule has 6 aromatic rings. The van der Waals surface area contributed by atoms with Gasteiger partial charge in [-0.05, 0) is 81.3 Å². The van der Waals surface area contributed by atoms with E-state index in [2.05, 4.69) is 11.2 Å². The Morgan fingerprint density at radius 3 is 2.47 bits per heavy atom. The van der Waals surface area contributed by atoms with Gasteiger partial charge in [0.15, 0.2) is 6.10 Å². The first-order valence-electron chi connectivity index (χ1n) is 13.7. The Balaban J connectivity index is 1.56. The summed E-state index contributed by atoms with van der Waals surface area (Å²) in [5.41, 5.74) is 13.2. The highest BCUT2D eigenvalue weighted by Gasteiger charge is 2.32. The van der Waals surface area contributed by atoms with Gasteiger partial charge in [-0.2, -0.15) is 5.10 Å². The number of nitrogens with two attached hydrogens (primary N) is 1. The number of pyridine rings is 1. The van der Waals surface area contributed by atoms with Gasteiger partial charge in [-0.25, -0.2) is 14.8 Å². The number of nitrogen functional groups attached to an aromatic ring is 1. The maximum Gasteiger partial charge on any atom is 0.337 e. The number of carboxylic acid groups (broad SMARTS) is 1. The maximum atomic E-state index is 12.6. The zero-order chi connectivity index (χ0) is 30.6. The predicted molar refractivity (Wildman–Crippen MR) is 173 cm³/mol. The number of aliphatic carboxylic acids is 1. The molecule has 0 bridgehead atoms. The molecular formula is C33H30ClN5O3S. The van der Waals surface area contributed by atoms with Crippen LogP contribution in [0.15, 0.2) is 66.9 Å². The second kappa shape index (κ2) is 10.8. The van der Waals surface area contributed by atoms with Crippen molar-refractivity contribution in [2.75, 3.05) is 5.73 Å². The summed E-state index contributed by atoms with van der Waals surface area (Å²) in [6.07, 6.45) is 0.630. The van der Waals surface area contributed by atoms with Crippen LogP contribution < -0.4 is 5.73 Å². The van der Waals surface area contributed by atoms with Gasteiger partial charge >= 0.3 is 5.97 Å². The lowest BCUT2D eigenvalue weighted by Crippen LogP contribution is -2.28. The third-order valence-electron chi connectivity index (χ3n) is 7.19. The first kappa shape index (κ1) is 28.8. The number of rotatable bonds is 6. The number of halogens is 1. The number of thiazole rings is 1. The van der Waals surface area contributed by atoms with E-state index in [0.717, 1.165) is 49.1 Å². The smallest absolute Gasteiger partial charge is 0.337 e. The standard InChI is InChI=1S/C33H30ClN5O3S/c1-17-14-24-30(27(18-6-9-21(34)10-7-18)26(17)29(32(40)41)42-33(2,3)4)43-31(38-24)28-22(35)11-12-23(37-28)19-8-13-25-20(15-19)16-36-39(25)5/h6-16,29H,35H2,1-5H3,(H,40,41)/t29-/m0/s1. The van der Waals surface area contributed by atoms with Crippen molar-refractivity contribution < 1.29 is 14.6 Å². The van der Waals surface area contributed by atoms with Crippen molar-refractivity contribution in [1.82, 2.24) is 19.7 Å². The van der Waals surface area contributed by atoms with E-state index in [0.29, 0.717) is 27.0 Å². The van der Waals surface area contributed by atoms with Gasteiger partial charge < -0.3 is 15.6 Å². The number of carboxylic acids is 1. The van der Waals surface area contributed by atoms with Crippen molar-refractivity contribution in [2.24, 2.45) is 7.05 Å². The predicted octanol–water partition coefficient (Wildman–Crippen LogP) is 8.06. The molecule has 0 aliphatic carbocycles. The van der Waals surface area contributed by atoms with Crippen molar-refractivity contribution in [3.8, 4) is 33.1 Å². The van der Waals surface area contributed by atoms with Crippen LogP contribution in [0.3, 0.4) is 0 Å². The van der Waals surface area contributed by atoms with Gasteiger partial charge in [0.05, 0.1) is 38.9 Å². The fourth-order valence-corrected chi connectivity index (χ4v) is 6.53. The van der Waals surface area contributed by atoms with E-state index in [1.165, 1.54) is 11.3 Å². The molecule has 10 heteroatoms. The molecule has 0 radical (unpaired) electrons. The Morgan fingerprint density at radius 2 is 1.77 bits per heavy atom. The van der Waals surface area contributed by atoms with Gasteiger partial charge in [-0.15, -0.1) is 11.3 Å². The highest BCUT2D eigenvalue weighted by Crippen LogP contribution is 2.45. The minimum absolute atomic E-state index is 0.495. The van der Waals surface area contributed by atoms with Gasteiger partial charge in [-0.3, -0.25) is 4.68 Å². The second-order valence-electron chi connectivity index (χ2n) is 11.5. The van der Waals surface area contributed by atoms with Crippen molar-refractivity contribution in [3.05, 3.63) is 83.0 Å². The van der Waals surface area contributed by atoms with Crippen LogP contribution in [0.25, 0.3) is 54.2 Å². The average molecular weight is 612 g/mol. The Bertz CT molecular complexity index is 2030. The Hall–Kier alpha value is -4.31. The lowest BCUT2D eigenvalue weighted by molar-refractivity contribution is -0.160. The maximum absolute atomic E-state index is 12.6. The van der Waals surface area contributed by atoms with Crippen LogP contribution in [0.5, 0.6) is 0 Å². The normalized spacial score (nSPS) is 12.7. The highest BCUT2D eigenvalue weighted by atomic mass is 35.5. The number of aromatic nitrogens is 4. The summed E-state index contributed by atoms with van der Waals surface area (Å²) in [6.45, 7) is 7.42. The molecule has 6 rings (SSSR count). The summed E-state index contributed by atoms with van der Waals surface area (Å²) in [4.78, 5) is 22.6. The molecule has 0 amide bonds. The Kier molecular flexibility index (Phi) is 7.20. The number of anilines is 1. The summed E-state index contributed by atoms with van der Waals surface area (Å²) in [7, 11) is 1.91. The Labute approximate surface area is 257 Å². The fourth-order valence-electron chi connectivity index (χ4n) is 5.26. The zero-order valence-electron chi connectivity index (χ0n) is 24.3. The second-order valence-corrected chi connectivity index (χ2v) is 12.9. The molecule has 0 saturated heterocycles. The topological polar surface area (TPSA) is 116 Å². The Morgan fingerprint density at radius 1 is 1.05 bits per heavy atom. The number of fused-ring (bicyclic) bond motifs is 2. The molecule has 43 heavy (non-hydrogen) atoms. The molecule has 0 aliphatic rings. The number of hydrogen-bond acceptors (Lipinski definition) is 7. The molecule has 0 aliphatic heterocycles. The van der Waals surface area contributed by atoms with Crippen LogP contribution in [0.1, 0.15) is 38.0 Å². The first-order valence-corrected chi connectivity index (χ1v) is 14.9. The minimum atomic E-state index is -1.20. The number of aryl methyl sites for hydroxylation is 2. The molecule has 3 aromatic heterocycles. The zero-order valence-corrected chi connectivity index (χ0v) is 25.9. The van der Waals surface area contributed by atoms with Crippen LogP contribution >= 0.6 is 22.9 Å². The number of carbonyl (C=O) groups is 1. The third kappa shape index (κ3) is 5.47. The average Bonchev–Trinajstić information content (AvgIpc) is 3.54. The summed E-state index contributed by atoms with van der Waals surface area (Å²) in [6, 6.07) is 19.1. The van der Waals surface area contributed by atoms with Crippen LogP contribution in [0.2, 0.25) is 5.02 Å². The van der Waals surface area contributed by atoms with Gasteiger partial charge in [0.2, 0.25) is 0 Å². The van der Waals surface area contributed by atoms with Gasteiger partial charge in [-0.1, -0.05) is 29.8 Å². The number of nitrogens with zero attached hydrogens (tertiary/aromatic N) is 4. The van der Waals surface area contributed by atoms with E-state index in [1.807, 2.05) is 88.1 Å². The van der Waals surface area contributed by atoms with E-state index in [1.54, 1.807) is 12.1 Å². The summed E-state index contributed by atoms with van der Waals surface area (Å²) in [5, 5.41) is 16.9. The summed E-state index contributed by atoms with van der Waals surface area (Å²) < 4.78 is 8.77. The summed E-state index contributed by atoms with van der Waals surface area (Å²) >= 11 is 7.65. The van der Waals surface area contributed by atoms with E-state index in [4.69, 9.17) is 32.0 Å². The van der Waals surface area contributed by atoms with E-state index in [-0.39, 0.29) is 0 Å². The van der Waals surface area contributed by atoms with E-state index < -0.39 is 17.7 Å². The molecular weight excluding hydrogens is 582 g/mol. The number of hydrogen-bond donors (Lipinski definition) is 2. The van der Waals surface area contributed by atoms with Crippen LogP contribution in [-0.2, 0) is 16.6 Å². The van der Waals surface area contributed by atoms with Crippen molar-refractivity contribution >= 4 is 55.7 Å². The van der Waals surface area contributed by atoms with Crippen molar-refractivity contribution in [1.29, 1.82) is 0 Å². The van der Waals surface area contributed by atoms with Crippen LogP contribution in [0, 0.1) is 6.92 Å². The largest absolute Gasteiger partial charge is 0.479 e. The molecule has 8 nitrogen and oxygen atoms in total. The molecule has 218 valence electrons. The third-order valence-corrected chi connectivity index (χ3v) is 8.54. The van der Waals surface area contributed by atoms with Crippen molar-refractivity contribution in [2.45, 2.75) is 39.4 Å². The van der Waals surface area contributed by atoms with Crippen LogP contribution in [0.4, 0.5) is 5.69 Å². The molecule has 0 fully saturated rings. The minimum Gasteiger partial charge on any atom is -0.479 e. The fraction of sp³-hybridized carbons (Fsp3) is 0.212. The monoisotopic (exact) mass is 611 g/mol. The molecule has 0 spiro atoms. The van der Waals surface area contributed by atoms with Crippen LogP contribution in [-0.4, -0.2) is 36.4 Å². The molecule has 0 unspecified atom stereocenters. The van der Waals surface area contributed by atoms with E-state index in [9.17, 15) is 9.90 Å². The summed E-state index contributed by atoms with van der Waals surface area (Å²) in [5.74, 6) is -1.07. The molecule has 3 heterocycles. The molecule has 3 aromatic carbocycles. The molecule has 1 atom stereocenters. The first-order chi connectivity index (χ1) is 20.4.